The van der Waals surface area contributed by atoms with Gasteiger partial charge in [-0.1, -0.05) is 214 Å². The Kier molecular flexibility index (Phi) is 49.0. The van der Waals surface area contributed by atoms with Crippen LogP contribution in [0.3, 0.4) is 0 Å². The summed E-state index contributed by atoms with van der Waals surface area (Å²) in [6, 6.07) is 0. The van der Waals surface area contributed by atoms with Gasteiger partial charge in [-0.3, -0.25) is 28.8 Å². The van der Waals surface area contributed by atoms with E-state index in [9.17, 15) is 28.8 Å². The zero-order valence-electron chi connectivity index (χ0n) is 59.2. The molecule has 0 bridgehead atoms. The number of nitrogens with zero attached hydrogens (tertiary/aromatic N) is 2. The molecule has 16 heteroatoms. The molecule has 2 aliphatic heterocycles. The molecular weight excluding hydrogens is 1220 g/mol. The maximum Gasteiger partial charge on any atom is 0.311 e. The highest BCUT2D eigenvalue weighted by molar-refractivity contribution is 8.76. The molecule has 0 aromatic heterocycles. The summed E-state index contributed by atoms with van der Waals surface area (Å²) in [7, 11) is 3.95. The predicted octanol–water partition coefficient (Wildman–Crippen LogP) is 19.3. The monoisotopic (exact) mass is 1350 g/mol. The van der Waals surface area contributed by atoms with Crippen LogP contribution in [-0.2, 0) is 57.2 Å². The van der Waals surface area contributed by atoms with Gasteiger partial charge < -0.3 is 38.2 Å². The van der Waals surface area contributed by atoms with Crippen molar-refractivity contribution in [3.63, 3.8) is 0 Å². The smallest absolute Gasteiger partial charge is 0.311 e. The van der Waals surface area contributed by atoms with Crippen molar-refractivity contribution in [3.8, 4) is 0 Å². The van der Waals surface area contributed by atoms with E-state index >= 15 is 0 Å². The number of hydrogen-bond donors (Lipinski definition) is 0. The molecule has 2 fully saturated rings. The van der Waals surface area contributed by atoms with E-state index in [1.165, 1.54) is 122 Å². The Balaban J connectivity index is 0.906. The molecule has 0 saturated carbocycles. The highest BCUT2D eigenvalue weighted by Crippen LogP contribution is 2.28. The van der Waals surface area contributed by atoms with E-state index in [0.717, 1.165) is 153 Å². The average Bonchev–Trinajstić information content (AvgIpc) is 2.88. The van der Waals surface area contributed by atoms with Crippen molar-refractivity contribution in [1.29, 1.82) is 0 Å². The van der Waals surface area contributed by atoms with Crippen LogP contribution in [0.5, 0.6) is 0 Å². The third-order valence-electron chi connectivity index (χ3n) is 19.0. The Hall–Kier alpha value is -4.04. The summed E-state index contributed by atoms with van der Waals surface area (Å²) in [5.41, 5.74) is 7.46. The largest absolute Gasteiger partial charge is 0.466 e. The normalized spacial score (nSPS) is 15.5. The number of piperidine rings is 2. The molecule has 0 spiro atoms. The molecule has 4 aliphatic rings. The Morgan fingerprint density at radius 1 is 0.436 bits per heavy atom. The molecule has 2 saturated heterocycles. The third-order valence-corrected chi connectivity index (χ3v) is 21.3. The summed E-state index contributed by atoms with van der Waals surface area (Å²) in [5, 5.41) is 0. The number of hydrogen-bond acceptors (Lipinski definition) is 16. The molecule has 0 N–H and O–H groups in total. The third kappa shape index (κ3) is 44.0. The molecule has 4 rings (SSSR count). The Bertz CT molecular complexity index is 2270. The molecule has 0 amide bonds. The highest BCUT2D eigenvalue weighted by Gasteiger charge is 2.23. The van der Waals surface area contributed by atoms with Crippen molar-refractivity contribution in [2.45, 2.75) is 303 Å². The highest BCUT2D eigenvalue weighted by atomic mass is 33.1. The van der Waals surface area contributed by atoms with E-state index in [1.807, 2.05) is 33.7 Å². The van der Waals surface area contributed by atoms with Crippen molar-refractivity contribution < 1.29 is 57.2 Å². The predicted molar refractivity (Wildman–Crippen MR) is 384 cm³/mol. The minimum atomic E-state index is -0.313. The minimum absolute atomic E-state index is 0.103. The molecule has 14 nitrogen and oxygen atoms in total. The lowest BCUT2D eigenvalue weighted by molar-refractivity contribution is -0.145. The topological polar surface area (TPSA) is 164 Å². The average molecular weight is 1350 g/mol. The van der Waals surface area contributed by atoms with Crippen molar-refractivity contribution in [3.05, 3.63) is 58.4 Å². The summed E-state index contributed by atoms with van der Waals surface area (Å²) in [4.78, 5) is 80.0. The molecule has 0 radical (unpaired) electrons. The van der Waals surface area contributed by atoms with E-state index in [-0.39, 0.29) is 48.7 Å². The van der Waals surface area contributed by atoms with Gasteiger partial charge in [0.1, 0.15) is 5.76 Å². The van der Waals surface area contributed by atoms with Gasteiger partial charge in [-0.15, -0.1) is 0 Å². The summed E-state index contributed by atoms with van der Waals surface area (Å²) < 4.78 is 33.4. The second-order valence-electron chi connectivity index (χ2n) is 27.1. The van der Waals surface area contributed by atoms with Gasteiger partial charge in [0.05, 0.1) is 39.3 Å². The number of carbonyl (C=O) groups excluding carboxylic acids is 6. The van der Waals surface area contributed by atoms with Gasteiger partial charge in [0, 0.05) is 62.3 Å². The Morgan fingerprint density at radius 2 is 0.872 bits per heavy atom. The maximum absolute atomic E-state index is 12.7. The van der Waals surface area contributed by atoms with Gasteiger partial charge in [0.15, 0.2) is 5.76 Å². The summed E-state index contributed by atoms with van der Waals surface area (Å²) in [6.07, 6.45) is 50.6. The van der Waals surface area contributed by atoms with Crippen molar-refractivity contribution in [1.82, 2.24) is 9.80 Å². The summed E-state index contributed by atoms with van der Waals surface area (Å²) in [6.45, 7) is 15.2. The molecule has 0 unspecified atom stereocenters. The van der Waals surface area contributed by atoms with E-state index in [0.29, 0.717) is 113 Å². The fourth-order valence-corrected chi connectivity index (χ4v) is 14.8. The van der Waals surface area contributed by atoms with Gasteiger partial charge in [-0.25, -0.2) is 0 Å². The lowest BCUT2D eigenvalue weighted by Crippen LogP contribution is -2.36. The summed E-state index contributed by atoms with van der Waals surface area (Å²) in [5.74, 6) is 3.67. The Labute approximate surface area is 577 Å². The standard InChI is InChI=1S/C78H128N2O12S2/c1-4-7-10-13-16-22-30-58-87-73(81)33-26-20-17-21-27-35-75(83)91-71-41-37-69(38-42-71)64-77(85)89-60-50-67-45-52-79(53-46-67)56-62-93-94-63-57-80-54-47-68(48-55-80)51-61-90-78(86)65-70-39-43-72(44-40-70)92-76(84)36-29-23-28-34-74(82)88-59-49-66(31-24-18-14-11-8-5-2)32-25-19-15-12-9-6-3/h37,39,41,43,66-68H,4-36,40,44-65H2,1-3H3. The second kappa shape index (κ2) is 55.9. The van der Waals surface area contributed by atoms with Gasteiger partial charge >= 0.3 is 35.8 Å². The molecule has 534 valence electrons. The zero-order chi connectivity index (χ0) is 67.2. The first-order chi connectivity index (χ1) is 46.0. The maximum atomic E-state index is 12.7. The number of allylic oxidation sites excluding steroid dienone is 5. The van der Waals surface area contributed by atoms with E-state index in [1.54, 1.807) is 12.2 Å². The molecule has 0 atom stereocenters. The SMILES string of the molecule is CCCCCCCCCOC(=O)CCCCCCCC(=O)OC1=C=C=C(CC(=O)OCCC2CCN(CCSSCCN3CCC(CCOC(=O)CC4=CC=C(OC(=O)CCCCCC(=O)OCCC(CCCCCCCC)CCCCCCCC)CC4)CC3)CC2)C=C1. The van der Waals surface area contributed by atoms with Crippen LogP contribution >= 0.6 is 21.6 Å². The van der Waals surface area contributed by atoms with E-state index in [4.69, 9.17) is 28.4 Å². The molecule has 2 aliphatic carbocycles. The molecule has 2 heterocycles. The first-order valence-corrected chi connectivity index (χ1v) is 40.5. The second-order valence-corrected chi connectivity index (χ2v) is 29.8. The van der Waals surface area contributed by atoms with Crippen LogP contribution in [0.2, 0.25) is 0 Å². The van der Waals surface area contributed by atoms with Crippen molar-refractivity contribution in [2.24, 2.45) is 17.8 Å². The first kappa shape index (κ1) is 82.4. The van der Waals surface area contributed by atoms with Crippen LogP contribution in [0, 0.1) is 17.8 Å². The van der Waals surface area contributed by atoms with Crippen LogP contribution < -0.4 is 0 Å². The van der Waals surface area contributed by atoms with Crippen LogP contribution in [0.4, 0.5) is 0 Å². The first-order valence-electron chi connectivity index (χ1n) is 38.1. The lowest BCUT2D eigenvalue weighted by atomic mass is 9.91. The molecule has 94 heavy (non-hydrogen) atoms. The van der Waals surface area contributed by atoms with Crippen LogP contribution in [0.25, 0.3) is 0 Å². The van der Waals surface area contributed by atoms with Gasteiger partial charge in [-0.2, -0.15) is 0 Å². The van der Waals surface area contributed by atoms with Crippen molar-refractivity contribution in [2.75, 3.05) is 77.2 Å². The van der Waals surface area contributed by atoms with Crippen molar-refractivity contribution >= 4 is 57.4 Å². The number of ether oxygens (including phenoxy) is 6. The molecule has 0 aromatic carbocycles. The van der Waals surface area contributed by atoms with Gasteiger partial charge in [-0.05, 0) is 151 Å². The van der Waals surface area contributed by atoms with Crippen LogP contribution in [0.15, 0.2) is 58.4 Å². The molecular formula is C78H128N2O12S2. The fourth-order valence-electron chi connectivity index (χ4n) is 12.8. The zero-order valence-corrected chi connectivity index (χ0v) is 60.9. The Morgan fingerprint density at radius 3 is 1.36 bits per heavy atom. The number of rotatable bonds is 58. The molecule has 0 aromatic rings. The summed E-state index contributed by atoms with van der Waals surface area (Å²) >= 11 is 0. The number of unbranched alkanes of at least 4 members (excludes halogenated alkanes) is 22. The number of carbonyl (C=O) groups is 6. The lowest BCUT2D eigenvalue weighted by Gasteiger charge is -2.32. The van der Waals surface area contributed by atoms with E-state index in [2.05, 4.69) is 42.0 Å². The van der Waals surface area contributed by atoms with Gasteiger partial charge in [0.2, 0.25) is 0 Å². The van der Waals surface area contributed by atoms with Gasteiger partial charge in [0.25, 0.3) is 0 Å². The van der Waals surface area contributed by atoms with E-state index < -0.39 is 0 Å². The fraction of sp³-hybridized carbons (Fsp3) is 0.795. The quantitative estimate of drug-likeness (QED) is 0.0185. The number of esters is 6. The van der Waals surface area contributed by atoms with Crippen LogP contribution in [-0.4, -0.2) is 123 Å². The number of likely N-dealkylation sites (tertiary alicyclic amines) is 2. The van der Waals surface area contributed by atoms with Crippen LogP contribution in [0.1, 0.15) is 303 Å². The minimum Gasteiger partial charge on any atom is -0.466 e.